The van der Waals surface area contributed by atoms with E-state index in [1.807, 2.05) is 19.1 Å². The van der Waals surface area contributed by atoms with Crippen LogP contribution in [0.5, 0.6) is 0 Å². The summed E-state index contributed by atoms with van der Waals surface area (Å²) in [6.45, 7) is 4.04. The number of benzene rings is 2. The highest BCUT2D eigenvalue weighted by atomic mass is 32.2. The van der Waals surface area contributed by atoms with E-state index in [-0.39, 0.29) is 10.7 Å². The number of rotatable bonds is 8. The zero-order valence-electron chi connectivity index (χ0n) is 14.1. The normalized spacial score (nSPS) is 11.2. The van der Waals surface area contributed by atoms with Crippen LogP contribution in [-0.2, 0) is 16.4 Å². The third kappa shape index (κ3) is 4.68. The Hall–Kier alpha value is -2.14. The van der Waals surface area contributed by atoms with Crippen molar-refractivity contribution in [2.45, 2.75) is 44.4 Å². The first-order valence-corrected chi connectivity index (χ1v) is 9.69. The van der Waals surface area contributed by atoms with Gasteiger partial charge in [0.25, 0.3) is 10.0 Å². The fourth-order valence-corrected chi connectivity index (χ4v) is 3.49. The van der Waals surface area contributed by atoms with Gasteiger partial charge in [-0.25, -0.2) is 8.42 Å². The van der Waals surface area contributed by atoms with E-state index in [4.69, 9.17) is 0 Å². The van der Waals surface area contributed by atoms with Crippen LogP contribution >= 0.6 is 0 Å². The number of ketones is 1. The molecule has 2 rings (SSSR count). The van der Waals surface area contributed by atoms with Gasteiger partial charge in [-0.1, -0.05) is 32.4 Å². The summed E-state index contributed by atoms with van der Waals surface area (Å²) in [6.07, 6.45) is 3.24. The fraction of sp³-hybridized carbons (Fsp3) is 0.316. The van der Waals surface area contributed by atoms with Crippen molar-refractivity contribution >= 4 is 21.5 Å². The van der Waals surface area contributed by atoms with Crippen molar-refractivity contribution in [1.29, 1.82) is 0 Å². The SMILES string of the molecule is CCCC(=O)c1ccc(NS(=O)(=O)c2ccc(CCC)cc2)cc1. The van der Waals surface area contributed by atoms with Gasteiger partial charge in [-0.15, -0.1) is 0 Å². The Morgan fingerprint density at radius 3 is 2.08 bits per heavy atom. The Labute approximate surface area is 144 Å². The molecule has 0 atom stereocenters. The molecule has 0 radical (unpaired) electrons. The summed E-state index contributed by atoms with van der Waals surface area (Å²) in [6, 6.07) is 13.5. The van der Waals surface area contributed by atoms with E-state index in [9.17, 15) is 13.2 Å². The molecule has 0 unspecified atom stereocenters. The average molecular weight is 345 g/mol. The van der Waals surface area contributed by atoms with Gasteiger partial charge in [-0.2, -0.15) is 0 Å². The van der Waals surface area contributed by atoms with Crippen molar-refractivity contribution < 1.29 is 13.2 Å². The van der Waals surface area contributed by atoms with Crippen LogP contribution in [0.3, 0.4) is 0 Å². The number of hydrogen-bond acceptors (Lipinski definition) is 3. The second-order valence-corrected chi connectivity index (χ2v) is 7.43. The number of carbonyl (C=O) groups excluding carboxylic acids is 1. The monoisotopic (exact) mass is 345 g/mol. The molecule has 24 heavy (non-hydrogen) atoms. The molecule has 0 fully saturated rings. The van der Waals surface area contributed by atoms with Gasteiger partial charge in [0.1, 0.15) is 0 Å². The molecule has 5 heteroatoms. The smallest absolute Gasteiger partial charge is 0.261 e. The van der Waals surface area contributed by atoms with Crippen LogP contribution < -0.4 is 4.72 Å². The van der Waals surface area contributed by atoms with Crippen LogP contribution in [0.25, 0.3) is 0 Å². The van der Waals surface area contributed by atoms with Gasteiger partial charge in [-0.05, 0) is 54.8 Å². The summed E-state index contributed by atoms with van der Waals surface area (Å²) in [5.74, 6) is 0.0680. The Morgan fingerprint density at radius 1 is 0.917 bits per heavy atom. The van der Waals surface area contributed by atoms with Crippen LogP contribution in [-0.4, -0.2) is 14.2 Å². The number of carbonyl (C=O) groups is 1. The number of hydrogen-bond donors (Lipinski definition) is 1. The lowest BCUT2D eigenvalue weighted by Crippen LogP contribution is -2.13. The number of sulfonamides is 1. The summed E-state index contributed by atoms with van der Waals surface area (Å²) in [7, 11) is -3.62. The van der Waals surface area contributed by atoms with Crippen molar-refractivity contribution in [3.8, 4) is 0 Å². The number of Topliss-reactive ketones (excluding diaryl/α,β-unsaturated/α-hetero) is 1. The minimum absolute atomic E-state index is 0.0680. The molecule has 0 saturated heterocycles. The maximum atomic E-state index is 12.4. The van der Waals surface area contributed by atoms with E-state index in [1.54, 1.807) is 36.4 Å². The van der Waals surface area contributed by atoms with Gasteiger partial charge in [0.15, 0.2) is 5.78 Å². The van der Waals surface area contributed by atoms with Crippen LogP contribution in [0, 0.1) is 0 Å². The lowest BCUT2D eigenvalue weighted by molar-refractivity contribution is 0.0982. The Morgan fingerprint density at radius 2 is 1.54 bits per heavy atom. The zero-order valence-corrected chi connectivity index (χ0v) is 14.9. The van der Waals surface area contributed by atoms with Crippen LogP contribution in [0.1, 0.15) is 49.0 Å². The Bertz CT molecular complexity index is 778. The molecule has 0 bridgehead atoms. The molecule has 4 nitrogen and oxygen atoms in total. The van der Waals surface area contributed by atoms with Crippen molar-refractivity contribution in [1.82, 2.24) is 0 Å². The first-order valence-electron chi connectivity index (χ1n) is 8.21. The molecule has 0 aromatic heterocycles. The van der Waals surface area contributed by atoms with Crippen LogP contribution in [0.2, 0.25) is 0 Å². The van der Waals surface area contributed by atoms with Gasteiger partial charge in [-0.3, -0.25) is 9.52 Å². The molecule has 0 heterocycles. The predicted octanol–water partition coefficient (Wildman–Crippen LogP) is 4.42. The van der Waals surface area contributed by atoms with E-state index < -0.39 is 10.0 Å². The van der Waals surface area contributed by atoms with Crippen LogP contribution in [0.4, 0.5) is 5.69 Å². The van der Waals surface area contributed by atoms with Crippen LogP contribution in [0.15, 0.2) is 53.4 Å². The topological polar surface area (TPSA) is 63.2 Å². The van der Waals surface area contributed by atoms with Gasteiger partial charge >= 0.3 is 0 Å². The molecular weight excluding hydrogens is 322 g/mol. The van der Waals surface area contributed by atoms with Gasteiger partial charge < -0.3 is 0 Å². The molecule has 0 amide bonds. The van der Waals surface area contributed by atoms with Gasteiger partial charge in [0.2, 0.25) is 0 Å². The van der Waals surface area contributed by atoms with Gasteiger partial charge in [0, 0.05) is 17.7 Å². The first-order chi connectivity index (χ1) is 11.5. The van der Waals surface area contributed by atoms with E-state index in [2.05, 4.69) is 11.6 Å². The van der Waals surface area contributed by atoms with E-state index in [0.29, 0.717) is 17.7 Å². The fourth-order valence-electron chi connectivity index (χ4n) is 2.43. The Balaban J connectivity index is 2.12. The van der Waals surface area contributed by atoms with Crippen molar-refractivity contribution in [2.75, 3.05) is 4.72 Å². The summed E-state index contributed by atoms with van der Waals surface area (Å²) in [5, 5.41) is 0. The third-order valence-corrected chi connectivity index (χ3v) is 5.11. The molecule has 0 spiro atoms. The maximum Gasteiger partial charge on any atom is 0.261 e. The summed E-state index contributed by atoms with van der Waals surface area (Å²) in [4.78, 5) is 12.0. The molecule has 0 saturated carbocycles. The molecule has 128 valence electrons. The predicted molar refractivity (Wildman–Crippen MR) is 96.9 cm³/mol. The summed E-state index contributed by atoms with van der Waals surface area (Å²) < 4.78 is 27.4. The molecule has 2 aromatic carbocycles. The minimum atomic E-state index is -3.62. The van der Waals surface area contributed by atoms with E-state index in [1.165, 1.54) is 0 Å². The third-order valence-electron chi connectivity index (χ3n) is 3.71. The largest absolute Gasteiger partial charge is 0.294 e. The molecule has 2 aromatic rings. The van der Waals surface area contributed by atoms with Crippen molar-refractivity contribution in [2.24, 2.45) is 0 Å². The molecule has 1 N–H and O–H groups in total. The quantitative estimate of drug-likeness (QED) is 0.720. The molecule has 0 aliphatic heterocycles. The maximum absolute atomic E-state index is 12.4. The molecular formula is C19H23NO3S. The highest BCUT2D eigenvalue weighted by molar-refractivity contribution is 7.92. The number of nitrogens with one attached hydrogen (secondary N) is 1. The second kappa shape index (κ2) is 8.11. The first kappa shape index (κ1) is 18.2. The lowest BCUT2D eigenvalue weighted by Gasteiger charge is -2.09. The van der Waals surface area contributed by atoms with Crippen molar-refractivity contribution in [3.63, 3.8) is 0 Å². The highest BCUT2D eigenvalue weighted by Crippen LogP contribution is 2.18. The summed E-state index contributed by atoms with van der Waals surface area (Å²) in [5.41, 5.74) is 2.17. The second-order valence-electron chi connectivity index (χ2n) is 5.75. The standard InChI is InChI=1S/C19H23NO3S/c1-3-5-15-7-13-18(14-8-15)24(22,23)20-17-11-9-16(10-12-17)19(21)6-4-2/h7-14,20H,3-6H2,1-2H3. The summed E-state index contributed by atoms with van der Waals surface area (Å²) >= 11 is 0. The van der Waals surface area contributed by atoms with E-state index >= 15 is 0 Å². The Kier molecular flexibility index (Phi) is 6.15. The number of aryl methyl sites for hydroxylation is 1. The number of anilines is 1. The molecule has 0 aliphatic carbocycles. The molecule has 0 aliphatic rings. The van der Waals surface area contributed by atoms with Crippen molar-refractivity contribution in [3.05, 3.63) is 59.7 Å². The highest BCUT2D eigenvalue weighted by Gasteiger charge is 2.14. The van der Waals surface area contributed by atoms with E-state index in [0.717, 1.165) is 24.8 Å². The average Bonchev–Trinajstić information content (AvgIpc) is 2.56. The van der Waals surface area contributed by atoms with Gasteiger partial charge in [0.05, 0.1) is 4.90 Å². The minimum Gasteiger partial charge on any atom is -0.294 e. The zero-order chi connectivity index (χ0) is 17.6. The lowest BCUT2D eigenvalue weighted by atomic mass is 10.1.